The number of nitrogens with one attached hydrogen (secondary N) is 1. The monoisotopic (exact) mass is 427 g/mol. The second-order valence-corrected chi connectivity index (χ2v) is 7.00. The fourth-order valence-electron chi connectivity index (χ4n) is 2.87. The van der Waals surface area contributed by atoms with Crippen LogP contribution in [0.25, 0.3) is 11.0 Å². The van der Waals surface area contributed by atoms with E-state index in [4.69, 9.17) is 4.42 Å². The SMILES string of the molecule is O=C(Nc1ccccc1OC(F)F)c1oc2ccccc2c1CSc1ncccn1. The molecule has 1 N–H and O–H groups in total. The fraction of sp³-hybridized carbons (Fsp3) is 0.0952. The van der Waals surface area contributed by atoms with E-state index in [-0.39, 0.29) is 17.2 Å². The minimum atomic E-state index is -3.01. The van der Waals surface area contributed by atoms with E-state index in [9.17, 15) is 13.6 Å². The van der Waals surface area contributed by atoms with Gasteiger partial charge >= 0.3 is 6.61 Å². The average Bonchev–Trinajstić information content (AvgIpc) is 3.13. The molecule has 6 nitrogen and oxygen atoms in total. The van der Waals surface area contributed by atoms with E-state index in [0.717, 1.165) is 5.39 Å². The number of carbonyl (C=O) groups is 1. The Kier molecular flexibility index (Phi) is 5.89. The highest BCUT2D eigenvalue weighted by Crippen LogP contribution is 2.32. The molecule has 0 saturated carbocycles. The van der Waals surface area contributed by atoms with Crippen molar-refractivity contribution in [3.05, 3.63) is 78.3 Å². The third-order valence-electron chi connectivity index (χ3n) is 4.14. The van der Waals surface area contributed by atoms with Crippen LogP contribution in [0.1, 0.15) is 16.1 Å². The molecule has 4 rings (SSSR count). The lowest BCUT2D eigenvalue weighted by Gasteiger charge is -2.11. The van der Waals surface area contributed by atoms with Crippen LogP contribution in [-0.2, 0) is 5.75 Å². The van der Waals surface area contributed by atoms with Crippen LogP contribution in [0, 0.1) is 0 Å². The maximum absolute atomic E-state index is 13.0. The van der Waals surface area contributed by atoms with Crippen LogP contribution in [0.5, 0.6) is 5.75 Å². The first-order valence-electron chi connectivity index (χ1n) is 8.87. The molecule has 2 aromatic heterocycles. The summed E-state index contributed by atoms with van der Waals surface area (Å²) in [6.07, 6.45) is 3.27. The van der Waals surface area contributed by atoms with E-state index in [1.807, 2.05) is 12.1 Å². The zero-order chi connectivity index (χ0) is 20.9. The first kappa shape index (κ1) is 19.8. The number of rotatable bonds is 7. The number of hydrogen-bond acceptors (Lipinski definition) is 6. The molecule has 9 heteroatoms. The molecule has 0 saturated heterocycles. The third-order valence-corrected chi connectivity index (χ3v) is 5.05. The van der Waals surface area contributed by atoms with Crippen molar-refractivity contribution in [2.45, 2.75) is 17.5 Å². The summed E-state index contributed by atoms with van der Waals surface area (Å²) >= 11 is 1.36. The molecule has 0 fully saturated rings. The van der Waals surface area contributed by atoms with E-state index >= 15 is 0 Å². The number of aromatic nitrogens is 2. The van der Waals surface area contributed by atoms with Gasteiger partial charge in [0.05, 0.1) is 5.69 Å². The number of nitrogens with zero attached hydrogens (tertiary/aromatic N) is 2. The van der Waals surface area contributed by atoms with Gasteiger partial charge in [0.15, 0.2) is 10.9 Å². The van der Waals surface area contributed by atoms with Crippen molar-refractivity contribution < 1.29 is 22.7 Å². The summed E-state index contributed by atoms with van der Waals surface area (Å²) in [5.74, 6) is -0.225. The Balaban J connectivity index is 1.64. The highest BCUT2D eigenvalue weighted by atomic mass is 32.2. The van der Waals surface area contributed by atoms with Gasteiger partial charge in [-0.3, -0.25) is 4.79 Å². The summed E-state index contributed by atoms with van der Waals surface area (Å²) in [4.78, 5) is 21.3. The van der Waals surface area contributed by atoms with Crippen molar-refractivity contribution in [2.75, 3.05) is 5.32 Å². The number of hydrogen-bond donors (Lipinski definition) is 1. The van der Waals surface area contributed by atoms with Gasteiger partial charge < -0.3 is 14.5 Å². The molecule has 4 aromatic rings. The second-order valence-electron chi connectivity index (χ2n) is 6.05. The first-order chi connectivity index (χ1) is 14.6. The summed E-state index contributed by atoms with van der Waals surface area (Å²) in [5, 5.41) is 3.94. The number of benzene rings is 2. The summed E-state index contributed by atoms with van der Waals surface area (Å²) in [7, 11) is 0. The number of halogens is 2. The highest BCUT2D eigenvalue weighted by Gasteiger charge is 2.22. The minimum Gasteiger partial charge on any atom is -0.451 e. The zero-order valence-corrected chi connectivity index (χ0v) is 16.2. The van der Waals surface area contributed by atoms with Gasteiger partial charge in [0.2, 0.25) is 0 Å². The lowest BCUT2D eigenvalue weighted by atomic mass is 10.1. The van der Waals surface area contributed by atoms with E-state index in [0.29, 0.717) is 22.1 Å². The number of anilines is 1. The summed E-state index contributed by atoms with van der Waals surface area (Å²) < 4.78 is 35.6. The number of para-hydroxylation sites is 3. The number of ether oxygens (including phenoxy) is 1. The van der Waals surface area contributed by atoms with Crippen molar-refractivity contribution in [3.8, 4) is 5.75 Å². The molecule has 0 aliphatic rings. The summed E-state index contributed by atoms with van der Waals surface area (Å²) in [5.41, 5.74) is 1.32. The van der Waals surface area contributed by atoms with E-state index in [1.54, 1.807) is 36.7 Å². The van der Waals surface area contributed by atoms with Crippen LogP contribution in [0.3, 0.4) is 0 Å². The largest absolute Gasteiger partial charge is 0.451 e. The molecule has 0 unspecified atom stereocenters. The predicted molar refractivity (Wildman–Crippen MR) is 109 cm³/mol. The molecule has 1 amide bonds. The molecule has 0 bridgehead atoms. The Hall–Kier alpha value is -3.46. The molecular weight excluding hydrogens is 412 g/mol. The molecule has 30 heavy (non-hydrogen) atoms. The molecule has 152 valence electrons. The predicted octanol–water partition coefficient (Wildman–Crippen LogP) is 5.37. The van der Waals surface area contributed by atoms with Crippen molar-refractivity contribution in [1.29, 1.82) is 0 Å². The molecule has 2 aromatic carbocycles. The van der Waals surface area contributed by atoms with Crippen molar-refractivity contribution in [3.63, 3.8) is 0 Å². The Morgan fingerprint density at radius 2 is 1.80 bits per heavy atom. The molecule has 0 atom stereocenters. The number of alkyl halides is 2. The maximum Gasteiger partial charge on any atom is 0.387 e. The number of thioether (sulfide) groups is 1. The van der Waals surface area contributed by atoms with E-state index < -0.39 is 12.5 Å². The van der Waals surface area contributed by atoms with Gasteiger partial charge in [-0.05, 0) is 24.3 Å². The Morgan fingerprint density at radius 1 is 1.07 bits per heavy atom. The quantitative estimate of drug-likeness (QED) is 0.316. The van der Waals surface area contributed by atoms with Gasteiger partial charge in [0, 0.05) is 29.1 Å². The Bertz CT molecular complexity index is 1170. The first-order valence-corrected chi connectivity index (χ1v) is 9.86. The minimum absolute atomic E-state index is 0.0893. The molecule has 0 aliphatic heterocycles. The van der Waals surface area contributed by atoms with E-state index in [1.165, 1.54) is 30.0 Å². The summed E-state index contributed by atoms with van der Waals surface area (Å²) in [6, 6.07) is 14.9. The van der Waals surface area contributed by atoms with Gasteiger partial charge in [-0.25, -0.2) is 9.97 Å². The average molecular weight is 427 g/mol. The third kappa shape index (κ3) is 4.41. The normalized spacial score (nSPS) is 11.0. The Labute approximate surface area is 174 Å². The van der Waals surface area contributed by atoms with Crippen LogP contribution in [0.4, 0.5) is 14.5 Å². The van der Waals surface area contributed by atoms with Crippen molar-refractivity contribution in [1.82, 2.24) is 9.97 Å². The number of carbonyl (C=O) groups excluding carboxylic acids is 1. The molecule has 0 radical (unpaired) electrons. The van der Waals surface area contributed by atoms with Gasteiger partial charge in [-0.1, -0.05) is 42.1 Å². The molecular formula is C21H15F2N3O3S. The zero-order valence-electron chi connectivity index (χ0n) is 15.4. The van der Waals surface area contributed by atoms with Crippen LogP contribution < -0.4 is 10.1 Å². The van der Waals surface area contributed by atoms with Gasteiger partial charge in [0.1, 0.15) is 11.3 Å². The number of amides is 1. The smallest absolute Gasteiger partial charge is 0.387 e. The Morgan fingerprint density at radius 3 is 2.60 bits per heavy atom. The van der Waals surface area contributed by atoms with Crippen LogP contribution in [0.2, 0.25) is 0 Å². The topological polar surface area (TPSA) is 77.2 Å². The fourth-order valence-corrected chi connectivity index (χ4v) is 3.70. The lowest BCUT2D eigenvalue weighted by Crippen LogP contribution is -2.14. The maximum atomic E-state index is 13.0. The van der Waals surface area contributed by atoms with Gasteiger partial charge in [-0.2, -0.15) is 8.78 Å². The number of fused-ring (bicyclic) bond motifs is 1. The second kappa shape index (κ2) is 8.91. The van der Waals surface area contributed by atoms with Crippen LogP contribution in [-0.4, -0.2) is 22.5 Å². The van der Waals surface area contributed by atoms with Crippen LogP contribution in [0.15, 0.2) is 76.6 Å². The molecule has 0 aliphatic carbocycles. The molecule has 2 heterocycles. The highest BCUT2D eigenvalue weighted by molar-refractivity contribution is 7.98. The van der Waals surface area contributed by atoms with Crippen molar-refractivity contribution >= 4 is 34.3 Å². The van der Waals surface area contributed by atoms with E-state index in [2.05, 4.69) is 20.0 Å². The molecule has 0 spiro atoms. The summed E-state index contributed by atoms with van der Waals surface area (Å²) in [6.45, 7) is -3.01. The number of furan rings is 1. The standard InChI is InChI=1S/C21H15F2N3O3S/c22-20(23)29-17-9-4-2-7-15(17)26-19(27)18-14(12-30-21-24-10-5-11-25-21)13-6-1-3-8-16(13)28-18/h1-11,20H,12H2,(H,26,27). The lowest BCUT2D eigenvalue weighted by molar-refractivity contribution is -0.0493. The van der Waals surface area contributed by atoms with Gasteiger partial charge in [-0.15, -0.1) is 0 Å². The van der Waals surface area contributed by atoms with Crippen molar-refractivity contribution in [2.24, 2.45) is 0 Å². The van der Waals surface area contributed by atoms with Gasteiger partial charge in [0.25, 0.3) is 5.91 Å². The van der Waals surface area contributed by atoms with Crippen LogP contribution >= 0.6 is 11.8 Å².